The van der Waals surface area contributed by atoms with Gasteiger partial charge in [-0.1, -0.05) is 75.4 Å². The average Bonchev–Trinajstić information content (AvgIpc) is 2.53. The Morgan fingerprint density at radius 2 is 1.61 bits per heavy atom. The predicted octanol–water partition coefficient (Wildman–Crippen LogP) is 4.87. The van der Waals surface area contributed by atoms with Crippen LogP contribution in [0.1, 0.15) is 50.4 Å². The zero-order chi connectivity index (χ0) is 16.9. The van der Waals surface area contributed by atoms with Crippen molar-refractivity contribution in [3.63, 3.8) is 0 Å². The molecule has 0 aliphatic carbocycles. The van der Waals surface area contributed by atoms with Crippen LogP contribution in [0.4, 0.5) is 0 Å². The molecular formula is C21H25NO. The number of hydrogen-bond donors (Lipinski definition) is 1. The minimum atomic E-state index is -0.0822. The van der Waals surface area contributed by atoms with E-state index in [2.05, 4.69) is 50.4 Å². The number of rotatable bonds is 4. The van der Waals surface area contributed by atoms with Gasteiger partial charge >= 0.3 is 0 Å². The summed E-state index contributed by atoms with van der Waals surface area (Å²) in [6, 6.07) is 18.2. The third kappa shape index (κ3) is 5.10. The minimum absolute atomic E-state index is 0.0167. The van der Waals surface area contributed by atoms with Crippen molar-refractivity contribution >= 4 is 12.0 Å². The van der Waals surface area contributed by atoms with Gasteiger partial charge in [-0.2, -0.15) is 0 Å². The molecule has 0 unspecified atom stereocenters. The van der Waals surface area contributed by atoms with Crippen LogP contribution in [-0.4, -0.2) is 5.91 Å². The molecule has 0 aliphatic rings. The maximum absolute atomic E-state index is 12.0. The van der Waals surface area contributed by atoms with E-state index in [9.17, 15) is 4.79 Å². The fourth-order valence-corrected chi connectivity index (χ4v) is 2.35. The van der Waals surface area contributed by atoms with Gasteiger partial charge in [0.1, 0.15) is 0 Å². The molecule has 2 aromatic carbocycles. The minimum Gasteiger partial charge on any atom is -0.346 e. The summed E-state index contributed by atoms with van der Waals surface area (Å²) in [5, 5.41) is 3.00. The highest BCUT2D eigenvalue weighted by atomic mass is 16.1. The van der Waals surface area contributed by atoms with Crippen molar-refractivity contribution in [2.75, 3.05) is 0 Å². The molecule has 0 saturated carbocycles. The zero-order valence-corrected chi connectivity index (χ0v) is 14.3. The van der Waals surface area contributed by atoms with Crippen molar-refractivity contribution in [1.29, 1.82) is 0 Å². The molecule has 0 spiro atoms. The summed E-state index contributed by atoms with van der Waals surface area (Å²) in [6.45, 7) is 8.59. The molecule has 2 heteroatoms. The molecule has 1 N–H and O–H groups in total. The van der Waals surface area contributed by atoms with Crippen molar-refractivity contribution in [3.8, 4) is 0 Å². The number of carbonyl (C=O) groups is 1. The Morgan fingerprint density at radius 3 is 2.17 bits per heavy atom. The lowest BCUT2D eigenvalue weighted by molar-refractivity contribution is -0.117. The van der Waals surface area contributed by atoms with Crippen molar-refractivity contribution in [3.05, 3.63) is 77.4 Å². The first-order valence-corrected chi connectivity index (χ1v) is 8.00. The number of carbonyl (C=O) groups excluding carboxylic acids is 1. The summed E-state index contributed by atoms with van der Waals surface area (Å²) in [7, 11) is 0. The van der Waals surface area contributed by atoms with Gasteiger partial charge in [-0.3, -0.25) is 4.79 Å². The van der Waals surface area contributed by atoms with Gasteiger partial charge in [-0.15, -0.1) is 0 Å². The quantitative estimate of drug-likeness (QED) is 0.802. The molecule has 1 amide bonds. The highest BCUT2D eigenvalue weighted by Gasteiger charge is 2.14. The SMILES string of the molecule is C[C@H](NC(=O)/C=C/c1ccccc1)c1ccc(C(C)(C)C)cc1. The molecule has 0 aromatic heterocycles. The van der Waals surface area contributed by atoms with E-state index in [1.165, 1.54) is 5.56 Å². The van der Waals surface area contributed by atoms with Crippen molar-refractivity contribution < 1.29 is 4.79 Å². The van der Waals surface area contributed by atoms with Gasteiger partial charge in [0.25, 0.3) is 0 Å². The second-order valence-electron chi connectivity index (χ2n) is 6.85. The molecule has 2 rings (SSSR count). The first-order valence-electron chi connectivity index (χ1n) is 8.00. The lowest BCUT2D eigenvalue weighted by Crippen LogP contribution is -2.24. The van der Waals surface area contributed by atoms with E-state index < -0.39 is 0 Å². The summed E-state index contributed by atoms with van der Waals surface area (Å²) in [5.41, 5.74) is 3.57. The van der Waals surface area contributed by atoms with E-state index in [1.54, 1.807) is 6.08 Å². The van der Waals surface area contributed by atoms with Gasteiger partial charge < -0.3 is 5.32 Å². The van der Waals surface area contributed by atoms with Gasteiger partial charge in [-0.25, -0.2) is 0 Å². The fraction of sp³-hybridized carbons (Fsp3) is 0.286. The largest absolute Gasteiger partial charge is 0.346 e. The Kier molecular flexibility index (Phi) is 5.38. The van der Waals surface area contributed by atoms with Crippen LogP contribution in [0.2, 0.25) is 0 Å². The van der Waals surface area contributed by atoms with Crippen molar-refractivity contribution in [1.82, 2.24) is 5.32 Å². The second-order valence-corrected chi connectivity index (χ2v) is 6.85. The van der Waals surface area contributed by atoms with Gasteiger partial charge in [0.2, 0.25) is 5.91 Å². The summed E-state index contributed by atoms with van der Waals surface area (Å²) in [4.78, 5) is 12.0. The second kappa shape index (κ2) is 7.28. The first-order chi connectivity index (χ1) is 10.9. The molecule has 0 saturated heterocycles. The van der Waals surface area contributed by atoms with Gasteiger partial charge in [-0.05, 0) is 35.1 Å². The predicted molar refractivity (Wildman–Crippen MR) is 97.2 cm³/mol. The number of hydrogen-bond acceptors (Lipinski definition) is 1. The standard InChI is InChI=1S/C21H25NO/c1-16(18-11-13-19(14-12-18)21(2,3)4)22-20(23)15-10-17-8-6-5-7-9-17/h5-16H,1-4H3,(H,22,23)/b15-10+/t16-/m0/s1. The van der Waals surface area contributed by atoms with Crippen LogP contribution in [0.15, 0.2) is 60.7 Å². The Labute approximate surface area is 139 Å². The van der Waals surface area contributed by atoms with Crippen LogP contribution in [-0.2, 0) is 10.2 Å². The van der Waals surface area contributed by atoms with Crippen LogP contribution in [0, 0.1) is 0 Å². The Bertz CT molecular complexity index is 663. The smallest absolute Gasteiger partial charge is 0.244 e. The fourth-order valence-electron chi connectivity index (χ4n) is 2.35. The molecule has 23 heavy (non-hydrogen) atoms. The lowest BCUT2D eigenvalue weighted by atomic mass is 9.86. The Hall–Kier alpha value is -2.35. The summed E-state index contributed by atoms with van der Waals surface area (Å²) >= 11 is 0. The van der Waals surface area contributed by atoms with E-state index in [0.717, 1.165) is 11.1 Å². The topological polar surface area (TPSA) is 29.1 Å². The third-order valence-corrected chi connectivity index (χ3v) is 3.86. The van der Waals surface area contributed by atoms with E-state index in [4.69, 9.17) is 0 Å². The van der Waals surface area contributed by atoms with Crippen LogP contribution < -0.4 is 5.32 Å². The van der Waals surface area contributed by atoms with Gasteiger partial charge in [0, 0.05) is 6.08 Å². The number of nitrogens with one attached hydrogen (secondary N) is 1. The Morgan fingerprint density at radius 1 is 1.00 bits per heavy atom. The van der Waals surface area contributed by atoms with Crippen LogP contribution in [0.3, 0.4) is 0 Å². The molecular weight excluding hydrogens is 282 g/mol. The maximum atomic E-state index is 12.0. The molecule has 2 nitrogen and oxygen atoms in total. The van der Waals surface area contributed by atoms with Gasteiger partial charge in [0.15, 0.2) is 0 Å². The summed E-state index contributed by atoms with van der Waals surface area (Å²) < 4.78 is 0. The molecule has 1 atom stereocenters. The van der Waals surface area contributed by atoms with E-state index in [-0.39, 0.29) is 17.4 Å². The van der Waals surface area contributed by atoms with Crippen molar-refractivity contribution in [2.24, 2.45) is 0 Å². The molecule has 0 fully saturated rings. The Balaban J connectivity index is 1.97. The lowest BCUT2D eigenvalue weighted by Gasteiger charge is -2.20. The van der Waals surface area contributed by atoms with Crippen LogP contribution in [0.5, 0.6) is 0 Å². The average molecular weight is 307 g/mol. The van der Waals surface area contributed by atoms with E-state index in [0.29, 0.717) is 0 Å². The first kappa shape index (κ1) is 17.0. The maximum Gasteiger partial charge on any atom is 0.244 e. The third-order valence-electron chi connectivity index (χ3n) is 3.86. The monoisotopic (exact) mass is 307 g/mol. The molecule has 120 valence electrons. The highest BCUT2D eigenvalue weighted by molar-refractivity contribution is 5.91. The summed E-state index contributed by atoms with van der Waals surface area (Å²) in [5.74, 6) is -0.0822. The van der Waals surface area contributed by atoms with E-state index >= 15 is 0 Å². The normalized spacial score (nSPS) is 13.0. The summed E-state index contributed by atoms with van der Waals surface area (Å²) in [6.07, 6.45) is 3.40. The van der Waals surface area contributed by atoms with Crippen LogP contribution in [0.25, 0.3) is 6.08 Å². The molecule has 0 radical (unpaired) electrons. The van der Waals surface area contributed by atoms with Crippen molar-refractivity contribution in [2.45, 2.75) is 39.2 Å². The number of benzene rings is 2. The molecule has 0 heterocycles. The molecule has 0 bridgehead atoms. The highest BCUT2D eigenvalue weighted by Crippen LogP contribution is 2.23. The van der Waals surface area contributed by atoms with Crippen LogP contribution >= 0.6 is 0 Å². The van der Waals surface area contributed by atoms with Gasteiger partial charge in [0.05, 0.1) is 6.04 Å². The van der Waals surface area contributed by atoms with E-state index in [1.807, 2.05) is 43.3 Å². The number of amides is 1. The zero-order valence-electron chi connectivity index (χ0n) is 14.3. The molecule has 0 aliphatic heterocycles. The molecule has 2 aromatic rings.